The van der Waals surface area contributed by atoms with E-state index >= 15 is 0 Å². The van der Waals surface area contributed by atoms with Gasteiger partial charge in [-0.3, -0.25) is 4.79 Å². The standard InChI is InChI=1S/C10H17NO/c1-6-9(11-8(2)12)7-10(3,4)5/h1,9H,7H2,2-5H3,(H,11,12)/t9-/m1/s1. The van der Waals surface area contributed by atoms with Gasteiger partial charge in [0, 0.05) is 6.92 Å². The molecular weight excluding hydrogens is 150 g/mol. The number of carbonyl (C=O) groups is 1. The Morgan fingerprint density at radius 3 is 2.33 bits per heavy atom. The summed E-state index contributed by atoms with van der Waals surface area (Å²) in [4.78, 5) is 10.7. The minimum Gasteiger partial charge on any atom is -0.343 e. The van der Waals surface area contributed by atoms with Crippen LogP contribution in [0.15, 0.2) is 0 Å². The van der Waals surface area contributed by atoms with Gasteiger partial charge in [-0.05, 0) is 11.8 Å². The van der Waals surface area contributed by atoms with E-state index in [2.05, 4.69) is 32.0 Å². The first-order valence-electron chi connectivity index (χ1n) is 4.08. The van der Waals surface area contributed by atoms with E-state index in [4.69, 9.17) is 6.42 Å². The second-order valence-corrected chi connectivity index (χ2v) is 4.18. The maximum absolute atomic E-state index is 10.7. The fraction of sp³-hybridized carbons (Fsp3) is 0.700. The summed E-state index contributed by atoms with van der Waals surface area (Å²) in [5, 5.41) is 2.71. The molecule has 0 aromatic heterocycles. The first kappa shape index (κ1) is 11.0. The lowest BCUT2D eigenvalue weighted by Gasteiger charge is -2.22. The van der Waals surface area contributed by atoms with E-state index in [0.29, 0.717) is 0 Å². The Hall–Kier alpha value is -0.970. The first-order chi connectivity index (χ1) is 5.35. The van der Waals surface area contributed by atoms with Gasteiger partial charge in [0.05, 0.1) is 6.04 Å². The highest BCUT2D eigenvalue weighted by atomic mass is 16.1. The molecule has 68 valence electrons. The highest BCUT2D eigenvalue weighted by Gasteiger charge is 2.17. The number of carbonyl (C=O) groups excluding carboxylic acids is 1. The summed E-state index contributed by atoms with van der Waals surface area (Å²) in [5.41, 5.74) is 0.152. The van der Waals surface area contributed by atoms with Crippen LogP contribution in [0.2, 0.25) is 0 Å². The Morgan fingerprint density at radius 1 is 1.58 bits per heavy atom. The maximum Gasteiger partial charge on any atom is 0.217 e. The largest absolute Gasteiger partial charge is 0.343 e. The van der Waals surface area contributed by atoms with E-state index in [1.54, 1.807) is 0 Å². The van der Waals surface area contributed by atoms with E-state index in [0.717, 1.165) is 6.42 Å². The van der Waals surface area contributed by atoms with E-state index < -0.39 is 0 Å². The average Bonchev–Trinajstić information content (AvgIpc) is 1.82. The van der Waals surface area contributed by atoms with Gasteiger partial charge in [-0.25, -0.2) is 0 Å². The minimum atomic E-state index is -0.137. The fourth-order valence-corrected chi connectivity index (χ4v) is 1.01. The lowest BCUT2D eigenvalue weighted by atomic mass is 9.88. The van der Waals surface area contributed by atoms with Crippen LogP contribution in [0, 0.1) is 17.8 Å². The average molecular weight is 167 g/mol. The summed E-state index contributed by atoms with van der Waals surface area (Å²) in [7, 11) is 0. The molecular formula is C10H17NO. The Kier molecular flexibility index (Phi) is 3.82. The third kappa shape index (κ3) is 5.79. The van der Waals surface area contributed by atoms with Gasteiger partial charge in [-0.1, -0.05) is 26.7 Å². The normalized spacial score (nSPS) is 13.2. The van der Waals surface area contributed by atoms with Crippen LogP contribution >= 0.6 is 0 Å². The molecule has 1 N–H and O–H groups in total. The van der Waals surface area contributed by atoms with Crippen LogP contribution < -0.4 is 5.32 Å². The van der Waals surface area contributed by atoms with Gasteiger partial charge >= 0.3 is 0 Å². The van der Waals surface area contributed by atoms with Crippen molar-refractivity contribution in [3.63, 3.8) is 0 Å². The number of terminal acetylenes is 1. The molecule has 0 heterocycles. The number of amides is 1. The number of rotatable bonds is 2. The summed E-state index contributed by atoms with van der Waals surface area (Å²) in [6, 6.07) is -0.137. The second-order valence-electron chi connectivity index (χ2n) is 4.18. The van der Waals surface area contributed by atoms with Gasteiger partial charge in [-0.15, -0.1) is 6.42 Å². The number of hydrogen-bond acceptors (Lipinski definition) is 1. The molecule has 0 aliphatic heterocycles. The van der Waals surface area contributed by atoms with Crippen LogP contribution in [0.4, 0.5) is 0 Å². The molecule has 12 heavy (non-hydrogen) atoms. The summed E-state index contributed by atoms with van der Waals surface area (Å²) in [6.07, 6.45) is 6.07. The highest BCUT2D eigenvalue weighted by Crippen LogP contribution is 2.20. The molecule has 0 aliphatic carbocycles. The van der Waals surface area contributed by atoms with Crippen LogP contribution in [0.5, 0.6) is 0 Å². The van der Waals surface area contributed by atoms with Crippen LogP contribution in [0.1, 0.15) is 34.1 Å². The van der Waals surface area contributed by atoms with Crippen molar-refractivity contribution in [1.82, 2.24) is 5.32 Å². The van der Waals surface area contributed by atoms with Crippen LogP contribution in [0.3, 0.4) is 0 Å². The molecule has 0 radical (unpaired) electrons. The van der Waals surface area contributed by atoms with Crippen molar-refractivity contribution in [1.29, 1.82) is 0 Å². The van der Waals surface area contributed by atoms with Crippen LogP contribution in [-0.4, -0.2) is 11.9 Å². The second kappa shape index (κ2) is 4.15. The predicted molar refractivity (Wildman–Crippen MR) is 50.5 cm³/mol. The molecule has 0 aromatic carbocycles. The summed E-state index contributed by atoms with van der Waals surface area (Å²) in [5.74, 6) is 2.49. The molecule has 2 heteroatoms. The molecule has 0 saturated heterocycles. The monoisotopic (exact) mass is 167 g/mol. The summed E-state index contributed by atoms with van der Waals surface area (Å²) < 4.78 is 0. The molecule has 0 aliphatic rings. The van der Waals surface area contributed by atoms with E-state index in [1.807, 2.05) is 0 Å². The van der Waals surface area contributed by atoms with Gasteiger partial charge in [0.15, 0.2) is 0 Å². The molecule has 0 fully saturated rings. The van der Waals surface area contributed by atoms with Crippen molar-refractivity contribution in [2.75, 3.05) is 0 Å². The van der Waals surface area contributed by atoms with Crippen molar-refractivity contribution in [2.45, 2.75) is 40.2 Å². The SMILES string of the molecule is C#C[C@H](CC(C)(C)C)NC(C)=O. The van der Waals surface area contributed by atoms with Crippen LogP contribution in [0.25, 0.3) is 0 Å². The number of nitrogens with one attached hydrogen (secondary N) is 1. The zero-order valence-electron chi connectivity index (χ0n) is 8.27. The van der Waals surface area contributed by atoms with E-state index in [1.165, 1.54) is 6.92 Å². The first-order valence-corrected chi connectivity index (χ1v) is 4.08. The topological polar surface area (TPSA) is 29.1 Å². The summed E-state index contributed by atoms with van der Waals surface area (Å²) in [6.45, 7) is 7.77. The highest BCUT2D eigenvalue weighted by molar-refractivity contribution is 5.73. The quantitative estimate of drug-likeness (QED) is 0.621. The molecule has 1 amide bonds. The molecule has 0 unspecified atom stereocenters. The zero-order valence-corrected chi connectivity index (χ0v) is 8.27. The Bertz CT molecular complexity index is 195. The molecule has 2 nitrogen and oxygen atoms in total. The van der Waals surface area contributed by atoms with Crippen molar-refractivity contribution in [3.05, 3.63) is 0 Å². The third-order valence-electron chi connectivity index (χ3n) is 1.40. The van der Waals surface area contributed by atoms with Crippen molar-refractivity contribution in [2.24, 2.45) is 5.41 Å². The summed E-state index contributed by atoms with van der Waals surface area (Å²) >= 11 is 0. The van der Waals surface area contributed by atoms with E-state index in [-0.39, 0.29) is 17.4 Å². The minimum absolute atomic E-state index is 0.0674. The Labute approximate surface area is 74.7 Å². The van der Waals surface area contributed by atoms with Gasteiger partial charge in [-0.2, -0.15) is 0 Å². The lowest BCUT2D eigenvalue weighted by molar-refractivity contribution is -0.119. The van der Waals surface area contributed by atoms with Gasteiger partial charge in [0.2, 0.25) is 5.91 Å². The molecule has 1 atom stereocenters. The molecule has 0 rings (SSSR count). The van der Waals surface area contributed by atoms with Crippen molar-refractivity contribution in [3.8, 4) is 12.3 Å². The predicted octanol–water partition coefficient (Wildman–Crippen LogP) is 1.56. The van der Waals surface area contributed by atoms with Crippen molar-refractivity contribution >= 4 is 5.91 Å². The molecule has 0 spiro atoms. The molecule has 0 aromatic rings. The van der Waals surface area contributed by atoms with E-state index in [9.17, 15) is 4.79 Å². The molecule has 0 saturated carbocycles. The van der Waals surface area contributed by atoms with Crippen LogP contribution in [-0.2, 0) is 4.79 Å². The number of hydrogen-bond donors (Lipinski definition) is 1. The Balaban J connectivity index is 4.03. The lowest BCUT2D eigenvalue weighted by Crippen LogP contribution is -2.34. The van der Waals surface area contributed by atoms with Gasteiger partial charge in [0.1, 0.15) is 0 Å². The third-order valence-corrected chi connectivity index (χ3v) is 1.40. The maximum atomic E-state index is 10.7. The van der Waals surface area contributed by atoms with Gasteiger partial charge in [0.25, 0.3) is 0 Å². The fourth-order valence-electron chi connectivity index (χ4n) is 1.01. The van der Waals surface area contributed by atoms with Gasteiger partial charge < -0.3 is 5.32 Å². The Morgan fingerprint density at radius 2 is 2.08 bits per heavy atom. The zero-order chi connectivity index (χ0) is 9.78. The smallest absolute Gasteiger partial charge is 0.217 e. The van der Waals surface area contributed by atoms with Crippen molar-refractivity contribution < 1.29 is 4.79 Å². The molecule has 0 bridgehead atoms.